The summed E-state index contributed by atoms with van der Waals surface area (Å²) in [6.07, 6.45) is 2.10. The summed E-state index contributed by atoms with van der Waals surface area (Å²) in [5.74, 6) is -0.173. The van der Waals surface area contributed by atoms with Crippen LogP contribution in [0.15, 0.2) is 95.1 Å². The average molecular weight is 394 g/mol. The van der Waals surface area contributed by atoms with E-state index in [1.54, 1.807) is 18.3 Å². The number of nitrogens with zero attached hydrogens (tertiary/aromatic N) is 4. The van der Waals surface area contributed by atoms with E-state index in [-0.39, 0.29) is 5.78 Å². The van der Waals surface area contributed by atoms with Crippen LogP contribution >= 0.6 is 0 Å². The monoisotopic (exact) mass is 394 g/mol. The van der Waals surface area contributed by atoms with Crippen LogP contribution in [-0.4, -0.2) is 31.3 Å². The molecule has 0 spiro atoms. The molecule has 0 aliphatic rings. The van der Waals surface area contributed by atoms with Crippen LogP contribution in [0, 0.1) is 11.3 Å². The van der Waals surface area contributed by atoms with Gasteiger partial charge in [-0.1, -0.05) is 72.8 Å². The highest BCUT2D eigenvalue weighted by atomic mass is 16.1. The molecular weight excluding hydrogens is 372 g/mol. The van der Waals surface area contributed by atoms with Crippen molar-refractivity contribution in [1.29, 1.82) is 5.26 Å². The Hall–Kier alpha value is -4.04. The number of carbonyl (C=O) groups excluding carboxylic acids is 1. The molecule has 5 heteroatoms. The Labute approximate surface area is 176 Å². The number of ketones is 1. The molecule has 0 heterocycles. The van der Waals surface area contributed by atoms with Crippen LogP contribution in [-0.2, 0) is 0 Å². The largest absolute Gasteiger partial charge is 0.374 e. The minimum Gasteiger partial charge on any atom is -0.374 e. The molecule has 3 rings (SSSR count). The quantitative estimate of drug-likeness (QED) is 0.315. The third-order valence-corrected chi connectivity index (χ3v) is 4.56. The van der Waals surface area contributed by atoms with Gasteiger partial charge in [0.2, 0.25) is 5.78 Å². The average Bonchev–Trinajstić information content (AvgIpc) is 2.81. The molecule has 0 N–H and O–H groups in total. The zero-order valence-electron chi connectivity index (χ0n) is 16.8. The van der Waals surface area contributed by atoms with Crippen LogP contribution in [0.2, 0.25) is 0 Å². The molecule has 5 nitrogen and oxygen atoms in total. The van der Waals surface area contributed by atoms with Crippen molar-refractivity contribution in [3.05, 3.63) is 102 Å². The van der Waals surface area contributed by atoms with Crippen LogP contribution in [0.5, 0.6) is 0 Å². The van der Waals surface area contributed by atoms with Gasteiger partial charge >= 0.3 is 0 Å². The molecule has 0 saturated heterocycles. The minimum atomic E-state index is -0.173. The van der Waals surface area contributed by atoms with Crippen molar-refractivity contribution >= 4 is 23.4 Å². The van der Waals surface area contributed by atoms with Gasteiger partial charge in [0.15, 0.2) is 0 Å². The first-order chi connectivity index (χ1) is 14.7. The number of Topliss-reactive ketones (excluding diaryl/α,β-unsaturated/α-hetero) is 1. The van der Waals surface area contributed by atoms with E-state index >= 15 is 0 Å². The third kappa shape index (κ3) is 5.49. The molecule has 30 heavy (non-hydrogen) atoms. The summed E-state index contributed by atoms with van der Waals surface area (Å²) in [6.45, 7) is 0.677. The molecule has 0 unspecified atom stereocenters. The molecular formula is C25H22N4O. The van der Waals surface area contributed by atoms with Gasteiger partial charge in [-0.05, 0) is 17.7 Å². The van der Waals surface area contributed by atoms with E-state index < -0.39 is 0 Å². The van der Waals surface area contributed by atoms with Gasteiger partial charge in [0.05, 0.1) is 18.7 Å². The molecule has 148 valence electrons. The van der Waals surface area contributed by atoms with Crippen molar-refractivity contribution in [2.75, 3.05) is 18.5 Å². The maximum atomic E-state index is 13.0. The van der Waals surface area contributed by atoms with E-state index in [0.717, 1.165) is 16.8 Å². The van der Waals surface area contributed by atoms with E-state index in [0.29, 0.717) is 24.2 Å². The molecule has 0 saturated carbocycles. The van der Waals surface area contributed by atoms with E-state index in [1.165, 1.54) is 0 Å². The summed E-state index contributed by atoms with van der Waals surface area (Å²) in [6, 6.07) is 28.3. The maximum absolute atomic E-state index is 13.0. The number of carbonyl (C=O) groups is 1. The Bertz CT molecular complexity index is 1070. The number of rotatable bonds is 8. The summed E-state index contributed by atoms with van der Waals surface area (Å²) in [5, 5.41) is 17.1. The third-order valence-electron chi connectivity index (χ3n) is 4.56. The fourth-order valence-corrected chi connectivity index (χ4v) is 2.87. The van der Waals surface area contributed by atoms with Gasteiger partial charge in [0.25, 0.3) is 0 Å². The molecule has 3 aromatic rings. The van der Waals surface area contributed by atoms with Crippen molar-refractivity contribution in [1.82, 2.24) is 0 Å². The predicted octanol–water partition coefficient (Wildman–Crippen LogP) is 4.74. The first kappa shape index (κ1) is 20.7. The molecule has 3 aromatic carbocycles. The first-order valence-electron chi connectivity index (χ1n) is 9.63. The van der Waals surface area contributed by atoms with Crippen LogP contribution in [0.4, 0.5) is 5.69 Å². The lowest BCUT2D eigenvalue weighted by molar-refractivity contribution is 0.106. The standard InChI is InChI=1S/C25H22N4O/c1-29(18-8-17-26)23-15-13-20(14-16-23)19-27-28-24(21-9-4-2-5-10-21)25(30)22-11-6-3-7-12-22/h2-7,9-16,19H,8,18H2,1H3/b27-19-,28-24-. The smallest absolute Gasteiger partial charge is 0.213 e. The van der Waals surface area contributed by atoms with Crippen LogP contribution < -0.4 is 4.90 Å². The number of nitriles is 1. The minimum absolute atomic E-state index is 0.173. The Balaban J connectivity index is 1.81. The Morgan fingerprint density at radius 3 is 2.13 bits per heavy atom. The van der Waals surface area contributed by atoms with Crippen molar-refractivity contribution in [2.24, 2.45) is 10.2 Å². The second kappa shape index (κ2) is 10.5. The van der Waals surface area contributed by atoms with Crippen LogP contribution in [0.25, 0.3) is 0 Å². The van der Waals surface area contributed by atoms with Crippen molar-refractivity contribution in [3.63, 3.8) is 0 Å². The summed E-state index contributed by atoms with van der Waals surface area (Å²) >= 11 is 0. The normalized spacial score (nSPS) is 11.3. The van der Waals surface area contributed by atoms with Gasteiger partial charge in [-0.25, -0.2) is 0 Å². The SMILES string of the molecule is CN(CCC#N)c1ccc(/C=N\N=C(/C(=O)c2ccccc2)c2ccccc2)cc1. The highest BCUT2D eigenvalue weighted by Crippen LogP contribution is 2.14. The Morgan fingerprint density at radius 2 is 1.53 bits per heavy atom. The topological polar surface area (TPSA) is 68.8 Å². The zero-order valence-corrected chi connectivity index (χ0v) is 16.8. The van der Waals surface area contributed by atoms with Crippen LogP contribution in [0.3, 0.4) is 0 Å². The van der Waals surface area contributed by atoms with Gasteiger partial charge in [-0.15, -0.1) is 5.10 Å². The molecule has 0 bridgehead atoms. The lowest BCUT2D eigenvalue weighted by atomic mass is 10.0. The number of hydrogen-bond acceptors (Lipinski definition) is 5. The van der Waals surface area contributed by atoms with Crippen molar-refractivity contribution in [2.45, 2.75) is 6.42 Å². The van der Waals surface area contributed by atoms with E-state index in [1.807, 2.05) is 84.7 Å². The lowest BCUT2D eigenvalue weighted by Crippen LogP contribution is -2.17. The second-order valence-electron chi connectivity index (χ2n) is 6.68. The molecule has 0 aliphatic heterocycles. The van der Waals surface area contributed by atoms with E-state index in [4.69, 9.17) is 5.26 Å². The molecule has 0 aromatic heterocycles. The fraction of sp³-hybridized carbons (Fsp3) is 0.120. The maximum Gasteiger partial charge on any atom is 0.213 e. The zero-order chi connectivity index (χ0) is 21.2. The number of benzene rings is 3. The number of hydrogen-bond donors (Lipinski definition) is 0. The summed E-state index contributed by atoms with van der Waals surface area (Å²) in [5.41, 5.74) is 3.48. The summed E-state index contributed by atoms with van der Waals surface area (Å²) in [4.78, 5) is 15.0. The second-order valence-corrected chi connectivity index (χ2v) is 6.68. The van der Waals surface area contributed by atoms with Crippen molar-refractivity contribution < 1.29 is 4.79 Å². The Kier molecular flexibility index (Phi) is 7.23. The fourth-order valence-electron chi connectivity index (χ4n) is 2.87. The first-order valence-corrected chi connectivity index (χ1v) is 9.63. The van der Waals surface area contributed by atoms with Crippen molar-refractivity contribution in [3.8, 4) is 6.07 Å². The molecule has 0 aliphatic carbocycles. The van der Waals surface area contributed by atoms with E-state index in [9.17, 15) is 4.79 Å². The van der Waals surface area contributed by atoms with E-state index in [2.05, 4.69) is 16.3 Å². The van der Waals surface area contributed by atoms with Gasteiger partial charge in [-0.2, -0.15) is 10.4 Å². The Morgan fingerprint density at radius 1 is 0.933 bits per heavy atom. The van der Waals surface area contributed by atoms with Gasteiger partial charge in [-0.3, -0.25) is 4.79 Å². The molecule has 0 amide bonds. The highest BCUT2D eigenvalue weighted by molar-refractivity contribution is 6.51. The molecule has 0 radical (unpaired) electrons. The van der Waals surface area contributed by atoms with Gasteiger partial charge < -0.3 is 4.90 Å². The molecule has 0 fully saturated rings. The number of anilines is 1. The summed E-state index contributed by atoms with van der Waals surface area (Å²) < 4.78 is 0. The van der Waals surface area contributed by atoms with Gasteiger partial charge in [0, 0.05) is 30.4 Å². The summed E-state index contributed by atoms with van der Waals surface area (Å²) in [7, 11) is 1.95. The van der Waals surface area contributed by atoms with Crippen LogP contribution in [0.1, 0.15) is 27.9 Å². The lowest BCUT2D eigenvalue weighted by Gasteiger charge is -2.17. The van der Waals surface area contributed by atoms with Gasteiger partial charge in [0.1, 0.15) is 5.71 Å². The highest BCUT2D eigenvalue weighted by Gasteiger charge is 2.15. The predicted molar refractivity (Wildman–Crippen MR) is 121 cm³/mol. The molecule has 0 atom stereocenters.